The van der Waals surface area contributed by atoms with Crippen molar-refractivity contribution >= 4 is 31.5 Å². The molecule has 0 atom stereocenters. The van der Waals surface area contributed by atoms with E-state index in [1.54, 1.807) is 25.1 Å². The molecule has 0 saturated carbocycles. The standard InChI is InChI=1S/C19H24ClNO6S2/c1-4-28(22,23)12-11-27-17-6-8-18(9-7-17)29(24,25)21(2)14-15-13-16(20)5-10-19(15)26-3/h5-10,13H,4,11-12,14H2,1-3H3. The Morgan fingerprint density at radius 1 is 1.03 bits per heavy atom. The van der Waals surface area contributed by atoms with Crippen molar-refractivity contribution in [2.45, 2.75) is 18.4 Å². The lowest BCUT2D eigenvalue weighted by Gasteiger charge is -2.19. The topological polar surface area (TPSA) is 90.0 Å². The second-order valence-corrected chi connectivity index (χ2v) is 11.2. The van der Waals surface area contributed by atoms with Crippen molar-refractivity contribution in [3.63, 3.8) is 0 Å². The molecule has 160 valence electrons. The Kier molecular flexibility index (Phi) is 7.93. The van der Waals surface area contributed by atoms with Crippen LogP contribution in [0.5, 0.6) is 11.5 Å². The van der Waals surface area contributed by atoms with E-state index in [0.29, 0.717) is 22.1 Å². The second-order valence-electron chi connectivity index (χ2n) is 6.27. The first-order valence-electron chi connectivity index (χ1n) is 8.81. The van der Waals surface area contributed by atoms with Crippen molar-refractivity contribution in [2.24, 2.45) is 0 Å². The van der Waals surface area contributed by atoms with E-state index in [0.717, 1.165) is 0 Å². The monoisotopic (exact) mass is 461 g/mol. The van der Waals surface area contributed by atoms with Crippen LogP contribution in [0.3, 0.4) is 0 Å². The average Bonchev–Trinajstić information content (AvgIpc) is 2.68. The highest BCUT2D eigenvalue weighted by Crippen LogP contribution is 2.26. The smallest absolute Gasteiger partial charge is 0.243 e. The van der Waals surface area contributed by atoms with Gasteiger partial charge in [0.1, 0.15) is 18.1 Å². The fourth-order valence-electron chi connectivity index (χ4n) is 2.51. The van der Waals surface area contributed by atoms with Gasteiger partial charge >= 0.3 is 0 Å². The summed E-state index contributed by atoms with van der Waals surface area (Å²) in [5, 5.41) is 0.484. The van der Waals surface area contributed by atoms with Crippen LogP contribution in [0.1, 0.15) is 12.5 Å². The number of methoxy groups -OCH3 is 1. The summed E-state index contributed by atoms with van der Waals surface area (Å²) < 4.78 is 60.5. The van der Waals surface area contributed by atoms with Crippen LogP contribution in [0.25, 0.3) is 0 Å². The lowest BCUT2D eigenvalue weighted by atomic mass is 10.2. The Morgan fingerprint density at radius 2 is 1.69 bits per heavy atom. The van der Waals surface area contributed by atoms with E-state index in [1.807, 2.05) is 0 Å². The van der Waals surface area contributed by atoms with Gasteiger partial charge in [-0.3, -0.25) is 0 Å². The van der Waals surface area contributed by atoms with Gasteiger partial charge < -0.3 is 9.47 Å². The molecule has 0 bridgehead atoms. The molecule has 2 aromatic rings. The van der Waals surface area contributed by atoms with Gasteiger partial charge in [-0.05, 0) is 42.5 Å². The molecule has 0 fully saturated rings. The van der Waals surface area contributed by atoms with Crippen LogP contribution in [0, 0.1) is 0 Å². The normalized spacial score (nSPS) is 12.2. The van der Waals surface area contributed by atoms with Crippen molar-refractivity contribution in [3.05, 3.63) is 53.1 Å². The summed E-state index contributed by atoms with van der Waals surface area (Å²) in [4.78, 5) is 0.0922. The van der Waals surface area contributed by atoms with Gasteiger partial charge in [0.25, 0.3) is 0 Å². The summed E-state index contributed by atoms with van der Waals surface area (Å²) in [6.07, 6.45) is 0. The molecule has 2 rings (SSSR count). The highest BCUT2D eigenvalue weighted by atomic mass is 35.5. The van der Waals surface area contributed by atoms with Crippen molar-refractivity contribution in [3.8, 4) is 11.5 Å². The van der Waals surface area contributed by atoms with E-state index < -0.39 is 19.9 Å². The van der Waals surface area contributed by atoms with Gasteiger partial charge in [0.05, 0.1) is 17.8 Å². The van der Waals surface area contributed by atoms with Gasteiger partial charge in [0, 0.05) is 29.9 Å². The zero-order chi connectivity index (χ0) is 21.7. The number of hydrogen-bond acceptors (Lipinski definition) is 6. The number of ether oxygens (including phenoxy) is 2. The molecule has 0 N–H and O–H groups in total. The molecule has 0 aliphatic carbocycles. The summed E-state index contributed by atoms with van der Waals surface area (Å²) >= 11 is 6.01. The highest BCUT2D eigenvalue weighted by Gasteiger charge is 2.22. The van der Waals surface area contributed by atoms with Crippen molar-refractivity contribution in [1.29, 1.82) is 0 Å². The quantitative estimate of drug-likeness (QED) is 0.540. The molecule has 0 radical (unpaired) electrons. The zero-order valence-electron chi connectivity index (χ0n) is 16.5. The Labute approximate surface area is 177 Å². The number of sulfonamides is 1. The van der Waals surface area contributed by atoms with E-state index in [2.05, 4.69) is 0 Å². The summed E-state index contributed by atoms with van der Waals surface area (Å²) in [7, 11) is -3.90. The fraction of sp³-hybridized carbons (Fsp3) is 0.368. The summed E-state index contributed by atoms with van der Waals surface area (Å²) in [5.41, 5.74) is 0.642. The van der Waals surface area contributed by atoms with E-state index in [9.17, 15) is 16.8 Å². The van der Waals surface area contributed by atoms with Crippen LogP contribution in [-0.2, 0) is 26.4 Å². The largest absolute Gasteiger partial charge is 0.496 e. The third kappa shape index (κ3) is 6.33. The molecule has 0 unspecified atom stereocenters. The fourth-order valence-corrected chi connectivity index (χ4v) is 4.48. The summed E-state index contributed by atoms with van der Waals surface area (Å²) in [5.74, 6) is 0.905. The zero-order valence-corrected chi connectivity index (χ0v) is 18.8. The lowest BCUT2D eigenvalue weighted by Crippen LogP contribution is -2.26. The number of nitrogens with zero attached hydrogens (tertiary/aromatic N) is 1. The van der Waals surface area contributed by atoms with Gasteiger partial charge in [-0.25, -0.2) is 16.8 Å². The molecule has 0 saturated heterocycles. The maximum absolute atomic E-state index is 12.8. The summed E-state index contributed by atoms with van der Waals surface area (Å²) in [6, 6.07) is 10.9. The molecule has 2 aromatic carbocycles. The minimum atomic E-state index is -3.76. The predicted octanol–water partition coefficient (Wildman–Crippen LogP) is 2.98. The molecule has 0 spiro atoms. The molecular weight excluding hydrogens is 438 g/mol. The van der Waals surface area contributed by atoms with Gasteiger partial charge in [-0.1, -0.05) is 18.5 Å². The van der Waals surface area contributed by atoms with Crippen LogP contribution >= 0.6 is 11.6 Å². The third-order valence-corrected chi connectivity index (χ3v) is 7.99. The van der Waals surface area contributed by atoms with E-state index >= 15 is 0 Å². The van der Waals surface area contributed by atoms with E-state index in [1.165, 1.54) is 42.7 Å². The molecule has 7 nitrogen and oxygen atoms in total. The Morgan fingerprint density at radius 3 is 2.28 bits per heavy atom. The maximum Gasteiger partial charge on any atom is 0.243 e. The van der Waals surface area contributed by atoms with Gasteiger partial charge in [-0.2, -0.15) is 4.31 Å². The minimum absolute atomic E-state index is 0.0106. The van der Waals surface area contributed by atoms with Gasteiger partial charge in [-0.15, -0.1) is 0 Å². The molecular formula is C19H24ClNO6S2. The molecule has 29 heavy (non-hydrogen) atoms. The molecule has 0 aromatic heterocycles. The maximum atomic E-state index is 12.8. The van der Waals surface area contributed by atoms with Crippen molar-refractivity contribution in [2.75, 3.05) is 32.3 Å². The first kappa shape index (κ1) is 23.5. The van der Waals surface area contributed by atoms with Crippen LogP contribution in [0.2, 0.25) is 5.02 Å². The predicted molar refractivity (Wildman–Crippen MR) is 113 cm³/mol. The average molecular weight is 462 g/mol. The Balaban J connectivity index is 2.09. The van der Waals surface area contributed by atoms with Crippen LogP contribution in [0.4, 0.5) is 0 Å². The molecule has 0 amide bonds. The minimum Gasteiger partial charge on any atom is -0.496 e. The number of halogens is 1. The highest BCUT2D eigenvalue weighted by molar-refractivity contribution is 7.91. The van der Waals surface area contributed by atoms with Crippen molar-refractivity contribution in [1.82, 2.24) is 4.31 Å². The van der Waals surface area contributed by atoms with E-state index in [-0.39, 0.29) is 29.6 Å². The first-order valence-corrected chi connectivity index (χ1v) is 12.4. The SMILES string of the molecule is CCS(=O)(=O)CCOc1ccc(S(=O)(=O)N(C)Cc2cc(Cl)ccc2OC)cc1. The summed E-state index contributed by atoms with van der Waals surface area (Å²) in [6.45, 7) is 1.67. The number of sulfone groups is 1. The first-order chi connectivity index (χ1) is 13.6. The number of hydrogen-bond donors (Lipinski definition) is 0. The Bertz CT molecular complexity index is 1040. The molecule has 10 heteroatoms. The van der Waals surface area contributed by atoms with Crippen LogP contribution in [0.15, 0.2) is 47.4 Å². The molecule has 0 aliphatic heterocycles. The lowest BCUT2D eigenvalue weighted by molar-refractivity contribution is 0.340. The molecule has 0 aliphatic rings. The third-order valence-electron chi connectivity index (χ3n) is 4.27. The number of rotatable bonds is 10. The second kappa shape index (κ2) is 9.80. The molecule has 0 heterocycles. The number of benzene rings is 2. The van der Waals surface area contributed by atoms with Gasteiger partial charge in [0.2, 0.25) is 10.0 Å². The van der Waals surface area contributed by atoms with Crippen LogP contribution < -0.4 is 9.47 Å². The Hall–Kier alpha value is -1.81. The van der Waals surface area contributed by atoms with E-state index in [4.69, 9.17) is 21.1 Å². The van der Waals surface area contributed by atoms with Crippen LogP contribution in [-0.4, -0.2) is 53.4 Å². The van der Waals surface area contributed by atoms with Crippen molar-refractivity contribution < 1.29 is 26.3 Å². The van der Waals surface area contributed by atoms with Gasteiger partial charge in [0.15, 0.2) is 9.84 Å².